The summed E-state index contributed by atoms with van der Waals surface area (Å²) >= 11 is 0. The second kappa shape index (κ2) is 7.03. The first-order valence-corrected chi connectivity index (χ1v) is 9.12. The third-order valence-corrected chi connectivity index (χ3v) is 4.85. The fraction of sp³-hybridized carbons (Fsp3) is 0.0952. The minimum absolute atomic E-state index is 0.118. The highest BCUT2D eigenvalue weighted by Crippen LogP contribution is 2.24. The van der Waals surface area contributed by atoms with E-state index in [4.69, 9.17) is 4.74 Å². The normalized spacial score (nSPS) is 11.3. The number of rotatable bonds is 4. The molecule has 148 valence electrons. The molecule has 30 heavy (non-hydrogen) atoms. The Morgan fingerprint density at radius 1 is 1.00 bits per heavy atom. The molecule has 0 aliphatic rings. The van der Waals surface area contributed by atoms with E-state index in [0.29, 0.717) is 23.4 Å². The Bertz CT molecular complexity index is 1420. The molecule has 3 heterocycles. The Morgan fingerprint density at radius 2 is 1.77 bits per heavy atom. The van der Waals surface area contributed by atoms with Crippen LogP contribution >= 0.6 is 0 Å². The summed E-state index contributed by atoms with van der Waals surface area (Å²) in [6, 6.07) is 13.4. The van der Waals surface area contributed by atoms with Crippen molar-refractivity contribution in [2.24, 2.45) is 0 Å². The molecule has 0 bridgehead atoms. The summed E-state index contributed by atoms with van der Waals surface area (Å²) in [5, 5.41) is 12.6. The number of halogens is 1. The van der Waals surface area contributed by atoms with Crippen LogP contribution in [0.1, 0.15) is 5.56 Å². The smallest absolute Gasteiger partial charge is 0.283 e. The third-order valence-electron chi connectivity index (χ3n) is 4.85. The zero-order valence-corrected chi connectivity index (χ0v) is 15.9. The van der Waals surface area contributed by atoms with Gasteiger partial charge in [0.05, 0.1) is 19.9 Å². The highest BCUT2D eigenvalue weighted by molar-refractivity contribution is 5.80. The number of fused-ring (bicyclic) bond motifs is 3. The van der Waals surface area contributed by atoms with Gasteiger partial charge in [-0.3, -0.25) is 9.36 Å². The van der Waals surface area contributed by atoms with Crippen LogP contribution in [0.15, 0.2) is 65.8 Å². The first-order chi connectivity index (χ1) is 14.6. The van der Waals surface area contributed by atoms with Crippen molar-refractivity contribution in [2.75, 3.05) is 7.11 Å². The minimum atomic E-state index is -0.328. The van der Waals surface area contributed by atoms with E-state index in [-0.39, 0.29) is 16.9 Å². The first kappa shape index (κ1) is 17.9. The quantitative estimate of drug-likeness (QED) is 0.459. The Hall–Kier alpha value is -4.14. The molecule has 9 heteroatoms. The first-order valence-electron chi connectivity index (χ1n) is 9.12. The highest BCUT2D eigenvalue weighted by atomic mass is 19.1. The Balaban J connectivity index is 1.58. The van der Waals surface area contributed by atoms with Gasteiger partial charge in [0.2, 0.25) is 0 Å². The van der Waals surface area contributed by atoms with Crippen molar-refractivity contribution < 1.29 is 9.13 Å². The maximum Gasteiger partial charge on any atom is 0.283 e. The van der Waals surface area contributed by atoms with Crippen molar-refractivity contribution in [3.05, 3.63) is 82.8 Å². The molecule has 0 saturated heterocycles. The van der Waals surface area contributed by atoms with Crippen LogP contribution in [0.5, 0.6) is 5.75 Å². The van der Waals surface area contributed by atoms with Crippen LogP contribution in [0.3, 0.4) is 0 Å². The van der Waals surface area contributed by atoms with Crippen molar-refractivity contribution in [2.45, 2.75) is 6.54 Å². The summed E-state index contributed by atoms with van der Waals surface area (Å²) in [6.45, 7) is 0.339. The Morgan fingerprint density at radius 3 is 2.50 bits per heavy atom. The van der Waals surface area contributed by atoms with E-state index in [2.05, 4.69) is 20.3 Å². The van der Waals surface area contributed by atoms with E-state index in [1.165, 1.54) is 27.5 Å². The van der Waals surface area contributed by atoms with Gasteiger partial charge in [-0.05, 0) is 35.4 Å². The van der Waals surface area contributed by atoms with Gasteiger partial charge in [0.1, 0.15) is 17.9 Å². The fourth-order valence-corrected chi connectivity index (χ4v) is 3.28. The van der Waals surface area contributed by atoms with E-state index in [1.54, 1.807) is 25.4 Å². The summed E-state index contributed by atoms with van der Waals surface area (Å²) in [6.07, 6.45) is 3.07. The summed E-state index contributed by atoms with van der Waals surface area (Å²) in [4.78, 5) is 17.3. The molecule has 0 radical (unpaired) electrons. The van der Waals surface area contributed by atoms with Gasteiger partial charge in [-0.25, -0.2) is 9.37 Å². The second-order valence-electron chi connectivity index (χ2n) is 6.70. The van der Waals surface area contributed by atoms with Gasteiger partial charge in [0.15, 0.2) is 16.8 Å². The number of nitrogens with zero attached hydrogens (tertiary/aromatic N) is 6. The van der Waals surface area contributed by atoms with E-state index < -0.39 is 0 Å². The predicted molar refractivity (Wildman–Crippen MR) is 108 cm³/mol. The van der Waals surface area contributed by atoms with Crippen molar-refractivity contribution in [3.63, 3.8) is 0 Å². The van der Waals surface area contributed by atoms with Crippen molar-refractivity contribution in [3.8, 4) is 16.9 Å². The zero-order chi connectivity index (χ0) is 20.7. The molecular weight excluding hydrogens is 387 g/mol. The molecule has 2 aromatic carbocycles. The number of hydrogen-bond acceptors (Lipinski definition) is 6. The third kappa shape index (κ3) is 2.96. The van der Waals surface area contributed by atoms with Gasteiger partial charge < -0.3 is 4.74 Å². The molecule has 0 aliphatic carbocycles. The monoisotopic (exact) mass is 402 g/mol. The van der Waals surface area contributed by atoms with Crippen molar-refractivity contribution >= 4 is 16.8 Å². The molecule has 0 saturated carbocycles. The van der Waals surface area contributed by atoms with Crippen LogP contribution in [-0.4, -0.2) is 36.5 Å². The molecule has 3 aromatic heterocycles. The van der Waals surface area contributed by atoms with Crippen LogP contribution in [-0.2, 0) is 6.54 Å². The fourth-order valence-electron chi connectivity index (χ4n) is 3.28. The summed E-state index contributed by atoms with van der Waals surface area (Å²) in [5.41, 5.74) is 2.89. The average molecular weight is 402 g/mol. The molecule has 0 spiro atoms. The highest BCUT2D eigenvalue weighted by Gasteiger charge is 2.15. The molecule has 8 nitrogen and oxygen atoms in total. The minimum Gasteiger partial charge on any atom is -0.497 e. The van der Waals surface area contributed by atoms with Crippen molar-refractivity contribution in [1.29, 1.82) is 0 Å². The van der Waals surface area contributed by atoms with Crippen LogP contribution in [0.25, 0.3) is 27.9 Å². The summed E-state index contributed by atoms with van der Waals surface area (Å²) in [7, 11) is 1.60. The van der Waals surface area contributed by atoms with E-state index in [0.717, 1.165) is 16.9 Å². The maximum absolute atomic E-state index is 13.2. The topological polar surface area (TPSA) is 87.2 Å². The zero-order valence-electron chi connectivity index (χ0n) is 15.9. The number of benzene rings is 2. The van der Waals surface area contributed by atoms with Crippen LogP contribution < -0.4 is 10.3 Å². The molecular formula is C21H15FN6O2. The molecule has 0 fully saturated rings. The molecule has 0 atom stereocenters. The van der Waals surface area contributed by atoms with Crippen LogP contribution in [0.4, 0.5) is 4.39 Å². The van der Waals surface area contributed by atoms with Gasteiger partial charge in [-0.2, -0.15) is 9.61 Å². The van der Waals surface area contributed by atoms with Gasteiger partial charge in [-0.15, -0.1) is 10.2 Å². The molecule has 0 N–H and O–H groups in total. The summed E-state index contributed by atoms with van der Waals surface area (Å²) in [5.74, 6) is 0.414. The molecule has 0 aliphatic heterocycles. The van der Waals surface area contributed by atoms with E-state index in [9.17, 15) is 9.18 Å². The lowest BCUT2D eigenvalue weighted by Gasteiger charge is -2.07. The van der Waals surface area contributed by atoms with Gasteiger partial charge in [0.25, 0.3) is 5.56 Å². The second-order valence-corrected chi connectivity index (χ2v) is 6.70. The lowest BCUT2D eigenvalue weighted by molar-refractivity contribution is 0.414. The van der Waals surface area contributed by atoms with E-state index in [1.807, 2.05) is 24.3 Å². The van der Waals surface area contributed by atoms with Crippen LogP contribution in [0.2, 0.25) is 0 Å². The predicted octanol–water partition coefficient (Wildman–Crippen LogP) is 2.70. The number of hydrogen-bond donors (Lipinski definition) is 0. The molecule has 0 unspecified atom stereocenters. The lowest BCUT2D eigenvalue weighted by Crippen LogP contribution is -2.23. The number of methoxy groups -OCH3 is 1. The summed E-state index contributed by atoms with van der Waals surface area (Å²) < 4.78 is 21.3. The van der Waals surface area contributed by atoms with Gasteiger partial charge in [-0.1, -0.05) is 24.3 Å². The molecule has 5 aromatic rings. The molecule has 5 rings (SSSR count). The maximum atomic E-state index is 13.2. The molecule has 0 amide bonds. The SMILES string of the molecule is COc1ccc(Cn2cnc3c(nnc4c(-c5ccc(F)cc5)cnn43)c2=O)cc1. The van der Waals surface area contributed by atoms with E-state index >= 15 is 0 Å². The van der Waals surface area contributed by atoms with Crippen LogP contribution in [0, 0.1) is 5.82 Å². The largest absolute Gasteiger partial charge is 0.497 e. The standard InChI is InChI=1S/C21H15FN6O2/c1-30-16-8-2-13(3-9-16)11-27-12-23-20-18(21(27)29)25-26-19-17(10-24-28(19)20)14-4-6-15(22)7-5-14/h2-10,12H,11H2,1H3. The number of ether oxygens (including phenoxy) is 1. The van der Waals surface area contributed by atoms with Gasteiger partial charge in [0, 0.05) is 5.56 Å². The average Bonchev–Trinajstić information content (AvgIpc) is 3.21. The Labute approximate surface area is 169 Å². The number of aromatic nitrogens is 6. The Kier molecular flexibility index (Phi) is 4.20. The van der Waals surface area contributed by atoms with Crippen molar-refractivity contribution in [1.82, 2.24) is 29.4 Å². The lowest BCUT2D eigenvalue weighted by atomic mass is 10.1. The van der Waals surface area contributed by atoms with Gasteiger partial charge >= 0.3 is 0 Å².